The summed E-state index contributed by atoms with van der Waals surface area (Å²) in [6, 6.07) is -0.332. The summed E-state index contributed by atoms with van der Waals surface area (Å²) >= 11 is 1.38. The number of amides is 3. The summed E-state index contributed by atoms with van der Waals surface area (Å²) in [7, 11) is 5.76. The molecule has 2 bridgehead atoms. The van der Waals surface area contributed by atoms with Crippen molar-refractivity contribution in [2.75, 3.05) is 13.1 Å². The highest BCUT2D eigenvalue weighted by Gasteiger charge is 2.37. The molecule has 0 aromatic heterocycles. The predicted molar refractivity (Wildman–Crippen MR) is 143 cm³/mol. The average molecular weight is 579 g/mol. The smallest absolute Gasteiger partial charge is 0.253 e. The third-order valence-corrected chi connectivity index (χ3v) is 13.2. The van der Waals surface area contributed by atoms with Gasteiger partial charge in [-0.15, -0.1) is 0 Å². The number of ether oxygens (including phenoxy) is 1. The lowest BCUT2D eigenvalue weighted by Gasteiger charge is -2.33. The Labute approximate surface area is 224 Å². The lowest BCUT2D eigenvalue weighted by molar-refractivity contribution is -0.368. The number of rotatable bonds is 9. The summed E-state index contributed by atoms with van der Waals surface area (Å²) in [6.45, 7) is 5.99. The molecule has 0 aliphatic carbocycles. The van der Waals surface area contributed by atoms with Gasteiger partial charge in [0.1, 0.15) is 9.29 Å². The van der Waals surface area contributed by atoms with Crippen LogP contribution >= 0.6 is 54.9 Å². The van der Waals surface area contributed by atoms with E-state index in [-0.39, 0.29) is 45.9 Å². The van der Waals surface area contributed by atoms with E-state index < -0.39 is 17.4 Å². The lowest BCUT2D eigenvalue weighted by Crippen LogP contribution is -2.41. The number of imide groups is 1. The molecule has 3 amide bonds. The van der Waals surface area contributed by atoms with Crippen molar-refractivity contribution in [1.82, 2.24) is 15.5 Å². The van der Waals surface area contributed by atoms with E-state index in [1.807, 2.05) is 20.8 Å². The predicted octanol–water partition coefficient (Wildman–Crippen LogP) is 2.55. The van der Waals surface area contributed by atoms with Crippen molar-refractivity contribution >= 4 is 78.4 Å². The van der Waals surface area contributed by atoms with Gasteiger partial charge in [0.15, 0.2) is 5.78 Å². The number of carbonyl (C=O) groups is 4. The van der Waals surface area contributed by atoms with Gasteiger partial charge >= 0.3 is 0 Å². The van der Waals surface area contributed by atoms with Crippen LogP contribution in [0.5, 0.6) is 0 Å². The molecule has 3 atom stereocenters. The van der Waals surface area contributed by atoms with E-state index in [2.05, 4.69) is 10.6 Å². The minimum atomic E-state index is -0.587. The van der Waals surface area contributed by atoms with Crippen LogP contribution in [0.2, 0.25) is 0 Å². The highest BCUT2D eigenvalue weighted by Crippen LogP contribution is 2.56. The van der Waals surface area contributed by atoms with Crippen molar-refractivity contribution < 1.29 is 29.0 Å². The van der Waals surface area contributed by atoms with Gasteiger partial charge in [-0.1, -0.05) is 64.9 Å². The van der Waals surface area contributed by atoms with Gasteiger partial charge in [0.05, 0.1) is 16.2 Å². The zero-order valence-electron chi connectivity index (χ0n) is 19.6. The zero-order chi connectivity index (χ0) is 25.6. The fourth-order valence-corrected chi connectivity index (χ4v) is 11.6. The number of ketones is 1. The molecule has 3 unspecified atom stereocenters. The van der Waals surface area contributed by atoms with Gasteiger partial charge in [-0.05, 0) is 30.1 Å². The van der Waals surface area contributed by atoms with E-state index in [0.717, 1.165) is 11.3 Å². The second-order valence-electron chi connectivity index (χ2n) is 8.82. The van der Waals surface area contributed by atoms with Crippen LogP contribution in [0.4, 0.5) is 0 Å². The van der Waals surface area contributed by atoms with Crippen molar-refractivity contribution in [3.63, 3.8) is 0 Å². The van der Waals surface area contributed by atoms with E-state index in [1.54, 1.807) is 10.8 Å². The molecule has 3 aliphatic rings. The van der Waals surface area contributed by atoms with Gasteiger partial charge in [-0.25, -0.2) is 0 Å². The molecule has 35 heavy (non-hydrogen) atoms. The van der Waals surface area contributed by atoms with Crippen LogP contribution in [0.15, 0.2) is 22.3 Å². The second-order valence-corrected chi connectivity index (χ2v) is 15.6. The molecule has 194 valence electrons. The van der Waals surface area contributed by atoms with Crippen LogP contribution in [0.25, 0.3) is 0 Å². The first-order valence-electron chi connectivity index (χ1n) is 11.1. The Morgan fingerprint density at radius 3 is 2.54 bits per heavy atom. The number of hydrogen-bond acceptors (Lipinski definition) is 12. The molecule has 0 aromatic carbocycles. The van der Waals surface area contributed by atoms with E-state index >= 15 is 0 Å². The van der Waals surface area contributed by atoms with Crippen LogP contribution < -0.4 is 15.7 Å². The molecule has 2 saturated heterocycles. The maximum Gasteiger partial charge on any atom is 0.253 e. The first-order valence-corrected chi connectivity index (χ1v) is 16.4. The molecule has 3 heterocycles. The van der Waals surface area contributed by atoms with Crippen LogP contribution in [-0.2, 0) is 23.9 Å². The van der Waals surface area contributed by atoms with Crippen molar-refractivity contribution in [2.24, 2.45) is 0 Å². The number of thioether (sulfide) groups is 1. The molecule has 0 aromatic rings. The van der Waals surface area contributed by atoms with Crippen LogP contribution in [0, 0.1) is 0 Å². The Bertz CT molecular complexity index is 888. The van der Waals surface area contributed by atoms with Gasteiger partial charge < -0.3 is 15.2 Å². The monoisotopic (exact) mass is 578 g/mol. The van der Waals surface area contributed by atoms with Crippen LogP contribution in [-0.4, -0.2) is 62.4 Å². The van der Waals surface area contributed by atoms with Crippen LogP contribution in [0.1, 0.15) is 46.5 Å². The minimum absolute atomic E-state index is 0.0578. The zero-order valence-corrected chi connectivity index (χ0v) is 23.6. The normalized spacial score (nSPS) is 26.4. The van der Waals surface area contributed by atoms with Crippen molar-refractivity contribution in [3.8, 4) is 0 Å². The SMILES string of the molecule is CC(C)(C)OC([O-])=C1SSC2SSC(NC(CCCCNC(=O)CCN3C(=O)C=CC3=O)C2=O)S1. The lowest BCUT2D eigenvalue weighted by atomic mass is 10.1. The van der Waals surface area contributed by atoms with Crippen molar-refractivity contribution in [1.29, 1.82) is 0 Å². The molecule has 2 fully saturated rings. The summed E-state index contributed by atoms with van der Waals surface area (Å²) in [6.07, 6.45) is 4.50. The third-order valence-electron chi connectivity index (χ3n) is 4.84. The summed E-state index contributed by atoms with van der Waals surface area (Å²) in [4.78, 5) is 49.1. The van der Waals surface area contributed by atoms with Crippen molar-refractivity contribution in [3.05, 3.63) is 22.3 Å². The fraction of sp³-hybridized carbons (Fsp3) is 0.619. The summed E-state index contributed by atoms with van der Waals surface area (Å²) in [5, 5.41) is 18.7. The molecule has 3 rings (SSSR count). The minimum Gasteiger partial charge on any atom is -0.606 e. The Morgan fingerprint density at radius 2 is 1.86 bits per heavy atom. The van der Waals surface area contributed by atoms with Gasteiger partial charge in [-0.2, -0.15) is 0 Å². The quantitative estimate of drug-likeness (QED) is 0.181. The van der Waals surface area contributed by atoms with Gasteiger partial charge in [0, 0.05) is 37.3 Å². The molecule has 14 heteroatoms. The summed E-state index contributed by atoms with van der Waals surface area (Å²) in [5.41, 5.74) is -0.587. The Balaban J connectivity index is 1.42. The Kier molecular flexibility index (Phi) is 10.7. The first-order chi connectivity index (χ1) is 16.5. The molecular formula is C21H28N3O6S5-. The molecule has 0 radical (unpaired) electrons. The standard InChI is InChI=1S/C21H29N3O6S5/c1-21(2,3)30-17(29)19-31-20-23-12(16(28)18(32-34-19)33-35-20)6-4-5-10-22-13(25)9-11-24-14(26)7-8-15(24)27/h7-8,12,18,20,23,29H,4-6,9-11H2,1-3H3,(H,22,25)/p-1. The first kappa shape index (κ1) is 28.6. The molecule has 3 aliphatic heterocycles. The number of fused-ring (bicyclic) bond motifs is 3. The Morgan fingerprint density at radius 1 is 1.14 bits per heavy atom. The average Bonchev–Trinajstić information content (AvgIpc) is 3.02. The number of carbonyl (C=O) groups excluding carboxylic acids is 4. The van der Waals surface area contributed by atoms with E-state index in [4.69, 9.17) is 4.74 Å². The molecule has 2 N–H and O–H groups in total. The third kappa shape index (κ3) is 8.85. The number of hydrogen-bond donors (Lipinski definition) is 2. The van der Waals surface area contributed by atoms with E-state index in [1.165, 1.54) is 56.3 Å². The molecule has 0 saturated carbocycles. The van der Waals surface area contributed by atoms with Gasteiger partial charge in [0.2, 0.25) is 5.91 Å². The summed E-state index contributed by atoms with van der Waals surface area (Å²) in [5.74, 6) is -1.29. The summed E-state index contributed by atoms with van der Waals surface area (Å²) < 4.78 is 5.59. The van der Waals surface area contributed by atoms with E-state index in [9.17, 15) is 24.3 Å². The molecule has 0 spiro atoms. The number of unbranched alkanes of at least 4 members (excludes halogenated alkanes) is 1. The van der Waals surface area contributed by atoms with Crippen LogP contribution in [0.3, 0.4) is 0 Å². The maximum absolute atomic E-state index is 13.1. The highest BCUT2D eigenvalue weighted by molar-refractivity contribution is 8.89. The maximum atomic E-state index is 13.1. The van der Waals surface area contributed by atoms with Crippen molar-refractivity contribution in [2.45, 2.75) is 67.4 Å². The topological polar surface area (TPSA) is 128 Å². The fourth-order valence-electron chi connectivity index (χ4n) is 3.19. The van der Waals surface area contributed by atoms with Gasteiger partial charge in [-0.3, -0.25) is 29.4 Å². The number of nitrogens with zero attached hydrogens (tertiary/aromatic N) is 1. The van der Waals surface area contributed by atoms with Gasteiger partial charge in [0.25, 0.3) is 11.8 Å². The highest BCUT2D eigenvalue weighted by atomic mass is 33.1. The second kappa shape index (κ2) is 13.0. The number of Topliss-reactive ketones (excluding diaryl/α,β-unsaturated/α-hetero) is 1. The molecular weight excluding hydrogens is 551 g/mol. The Hall–Kier alpha value is -0.930. The molecule has 9 nitrogen and oxygen atoms in total. The number of nitrogens with one attached hydrogen (secondary N) is 2. The largest absolute Gasteiger partial charge is 0.606 e. The van der Waals surface area contributed by atoms with E-state index in [0.29, 0.717) is 23.6 Å².